The van der Waals surface area contributed by atoms with Crippen LogP contribution >= 0.6 is 0 Å². The van der Waals surface area contributed by atoms with Crippen LogP contribution in [0, 0.1) is 28.5 Å². The predicted molar refractivity (Wildman–Crippen MR) is 57.7 cm³/mol. The molecule has 0 heterocycles. The van der Waals surface area contributed by atoms with E-state index in [0.29, 0.717) is 19.5 Å². The maximum Gasteiger partial charge on any atom is 0.140 e. The van der Waals surface area contributed by atoms with E-state index in [2.05, 4.69) is 6.07 Å². The highest BCUT2D eigenvalue weighted by Gasteiger charge is 2.04. The lowest BCUT2D eigenvalue weighted by Gasteiger charge is -2.14. The van der Waals surface area contributed by atoms with Gasteiger partial charge in [-0.1, -0.05) is 6.07 Å². The fraction of sp³-hybridized carbons (Fsp3) is 0.333. The van der Waals surface area contributed by atoms with Crippen molar-refractivity contribution in [2.24, 2.45) is 0 Å². The van der Waals surface area contributed by atoms with E-state index in [4.69, 9.17) is 10.5 Å². The quantitative estimate of drug-likeness (QED) is 0.775. The van der Waals surface area contributed by atoms with Gasteiger partial charge in [-0.15, -0.1) is 0 Å². The molecule has 0 aliphatic rings. The molecular formula is C12H12FN3. The Balaban J connectivity index is 2.68. The van der Waals surface area contributed by atoms with E-state index in [1.54, 1.807) is 12.1 Å². The van der Waals surface area contributed by atoms with Crippen LogP contribution in [0.3, 0.4) is 0 Å². The second-order valence-electron chi connectivity index (χ2n) is 3.57. The number of nitrogens with zero attached hydrogens (tertiary/aromatic N) is 3. The van der Waals surface area contributed by atoms with Crippen LogP contribution in [0.15, 0.2) is 18.2 Å². The Hall–Kier alpha value is -1.91. The van der Waals surface area contributed by atoms with Gasteiger partial charge >= 0.3 is 0 Å². The largest absolute Gasteiger partial charge is 0.301 e. The third kappa shape index (κ3) is 3.34. The number of rotatable bonds is 4. The van der Waals surface area contributed by atoms with E-state index in [1.165, 1.54) is 12.1 Å². The Morgan fingerprint density at radius 3 is 2.75 bits per heavy atom. The highest BCUT2D eigenvalue weighted by molar-refractivity contribution is 5.34. The van der Waals surface area contributed by atoms with Crippen LogP contribution in [0.2, 0.25) is 0 Å². The summed E-state index contributed by atoms with van der Waals surface area (Å²) in [7, 11) is 1.88. The molecule has 0 aromatic heterocycles. The Kier molecular flexibility index (Phi) is 4.44. The highest BCUT2D eigenvalue weighted by atomic mass is 19.1. The molecule has 0 unspecified atom stereocenters. The van der Waals surface area contributed by atoms with Crippen LogP contribution in [-0.2, 0) is 6.54 Å². The first-order valence-electron chi connectivity index (χ1n) is 4.91. The average molecular weight is 217 g/mol. The molecule has 0 aliphatic heterocycles. The summed E-state index contributed by atoms with van der Waals surface area (Å²) in [5.41, 5.74) is 0.935. The Labute approximate surface area is 94.3 Å². The monoisotopic (exact) mass is 217 g/mol. The zero-order valence-corrected chi connectivity index (χ0v) is 9.07. The highest BCUT2D eigenvalue weighted by Crippen LogP contribution is 2.11. The molecule has 0 bridgehead atoms. The minimum absolute atomic E-state index is 0.0613. The Bertz CT molecular complexity index is 443. The van der Waals surface area contributed by atoms with Crippen molar-refractivity contribution in [1.29, 1.82) is 10.5 Å². The summed E-state index contributed by atoms with van der Waals surface area (Å²) in [6.45, 7) is 1.27. The summed E-state index contributed by atoms with van der Waals surface area (Å²) in [4.78, 5) is 1.96. The average Bonchev–Trinajstić information content (AvgIpc) is 2.29. The van der Waals surface area contributed by atoms with Crippen molar-refractivity contribution in [1.82, 2.24) is 4.90 Å². The molecule has 3 nitrogen and oxygen atoms in total. The van der Waals surface area contributed by atoms with Crippen LogP contribution in [-0.4, -0.2) is 18.5 Å². The molecular weight excluding hydrogens is 205 g/mol. The smallest absolute Gasteiger partial charge is 0.140 e. The van der Waals surface area contributed by atoms with Crippen molar-refractivity contribution in [2.45, 2.75) is 13.0 Å². The molecule has 0 radical (unpaired) electrons. The summed E-state index contributed by atoms with van der Waals surface area (Å²) < 4.78 is 13.0. The third-order valence-electron chi connectivity index (χ3n) is 2.21. The lowest BCUT2D eigenvalue weighted by atomic mass is 10.1. The van der Waals surface area contributed by atoms with Gasteiger partial charge in [0.1, 0.15) is 11.9 Å². The second-order valence-corrected chi connectivity index (χ2v) is 3.57. The van der Waals surface area contributed by atoms with Crippen LogP contribution in [0.4, 0.5) is 4.39 Å². The first kappa shape index (κ1) is 12.2. The van der Waals surface area contributed by atoms with Gasteiger partial charge in [0.15, 0.2) is 0 Å². The fourth-order valence-electron chi connectivity index (χ4n) is 1.39. The number of benzene rings is 1. The number of hydrogen-bond acceptors (Lipinski definition) is 3. The number of nitriles is 2. The molecule has 0 saturated carbocycles. The summed E-state index contributed by atoms with van der Waals surface area (Å²) in [6, 6.07) is 8.36. The van der Waals surface area contributed by atoms with Gasteiger partial charge in [-0.25, -0.2) is 4.39 Å². The standard InChI is InChI=1S/C12H12FN3/c1-16(6-2-5-14)9-10-3-4-12(13)11(7-10)8-15/h3-4,7H,2,6,9H2,1H3. The summed E-state index contributed by atoms with van der Waals surface area (Å²) >= 11 is 0. The molecule has 16 heavy (non-hydrogen) atoms. The SMILES string of the molecule is CN(CCC#N)Cc1ccc(F)c(C#N)c1. The molecule has 1 rings (SSSR count). The molecule has 1 aromatic rings. The van der Waals surface area contributed by atoms with Gasteiger partial charge in [-0.2, -0.15) is 10.5 Å². The minimum Gasteiger partial charge on any atom is -0.301 e. The summed E-state index contributed by atoms with van der Waals surface area (Å²) in [5.74, 6) is -0.495. The van der Waals surface area contributed by atoms with Crippen LogP contribution in [0.5, 0.6) is 0 Å². The lowest BCUT2D eigenvalue weighted by molar-refractivity contribution is 0.335. The maximum atomic E-state index is 13.0. The molecule has 0 saturated heterocycles. The normalized spacial score (nSPS) is 9.81. The van der Waals surface area contributed by atoms with Gasteiger partial charge in [0, 0.05) is 19.5 Å². The van der Waals surface area contributed by atoms with Crippen molar-refractivity contribution >= 4 is 0 Å². The van der Waals surface area contributed by atoms with Crippen LogP contribution in [0.1, 0.15) is 17.5 Å². The first-order chi connectivity index (χ1) is 7.67. The van der Waals surface area contributed by atoms with Crippen LogP contribution < -0.4 is 0 Å². The topological polar surface area (TPSA) is 50.8 Å². The fourth-order valence-corrected chi connectivity index (χ4v) is 1.39. The van der Waals surface area contributed by atoms with Gasteiger partial charge in [0.2, 0.25) is 0 Å². The van der Waals surface area contributed by atoms with Crippen molar-refractivity contribution in [2.75, 3.05) is 13.6 Å². The molecule has 4 heteroatoms. The zero-order chi connectivity index (χ0) is 12.0. The van der Waals surface area contributed by atoms with Gasteiger partial charge in [-0.3, -0.25) is 0 Å². The number of halogens is 1. The van der Waals surface area contributed by atoms with E-state index < -0.39 is 5.82 Å². The molecule has 0 N–H and O–H groups in total. The predicted octanol–water partition coefficient (Wildman–Crippen LogP) is 2.04. The van der Waals surface area contributed by atoms with E-state index in [-0.39, 0.29) is 5.56 Å². The van der Waals surface area contributed by atoms with Gasteiger partial charge in [0.05, 0.1) is 11.6 Å². The van der Waals surface area contributed by atoms with E-state index in [1.807, 2.05) is 11.9 Å². The molecule has 0 fully saturated rings. The molecule has 0 aliphatic carbocycles. The Morgan fingerprint density at radius 1 is 1.38 bits per heavy atom. The van der Waals surface area contributed by atoms with E-state index in [0.717, 1.165) is 5.56 Å². The number of hydrogen-bond donors (Lipinski definition) is 0. The summed E-state index contributed by atoms with van der Waals surface area (Å²) in [6.07, 6.45) is 0.461. The summed E-state index contributed by atoms with van der Waals surface area (Å²) in [5, 5.41) is 17.1. The van der Waals surface area contributed by atoms with Gasteiger partial charge < -0.3 is 4.90 Å². The van der Waals surface area contributed by atoms with Crippen LogP contribution in [0.25, 0.3) is 0 Å². The van der Waals surface area contributed by atoms with Crippen molar-refractivity contribution in [3.63, 3.8) is 0 Å². The van der Waals surface area contributed by atoms with Crippen molar-refractivity contribution < 1.29 is 4.39 Å². The molecule has 0 spiro atoms. The minimum atomic E-state index is -0.495. The molecule has 0 amide bonds. The third-order valence-corrected chi connectivity index (χ3v) is 2.21. The van der Waals surface area contributed by atoms with E-state index >= 15 is 0 Å². The lowest BCUT2D eigenvalue weighted by Crippen LogP contribution is -2.18. The molecule has 0 atom stereocenters. The first-order valence-corrected chi connectivity index (χ1v) is 4.91. The second kappa shape index (κ2) is 5.85. The van der Waals surface area contributed by atoms with Crippen molar-refractivity contribution in [3.8, 4) is 12.1 Å². The van der Waals surface area contributed by atoms with Crippen molar-refractivity contribution in [3.05, 3.63) is 35.1 Å². The van der Waals surface area contributed by atoms with Gasteiger partial charge in [0.25, 0.3) is 0 Å². The molecule has 1 aromatic carbocycles. The Morgan fingerprint density at radius 2 is 2.12 bits per heavy atom. The van der Waals surface area contributed by atoms with E-state index in [9.17, 15) is 4.39 Å². The zero-order valence-electron chi connectivity index (χ0n) is 9.07. The molecule has 82 valence electrons. The maximum absolute atomic E-state index is 13.0. The van der Waals surface area contributed by atoms with Gasteiger partial charge in [-0.05, 0) is 24.7 Å².